The van der Waals surface area contributed by atoms with E-state index >= 15 is 0 Å². The van der Waals surface area contributed by atoms with E-state index in [0.717, 1.165) is 35.4 Å². The van der Waals surface area contributed by atoms with Crippen LogP contribution in [0.3, 0.4) is 0 Å². The quantitative estimate of drug-likeness (QED) is 0.887. The summed E-state index contributed by atoms with van der Waals surface area (Å²) in [7, 11) is 6.11. The highest BCUT2D eigenvalue weighted by Gasteiger charge is 2.10. The second-order valence-electron chi connectivity index (χ2n) is 5.05. The number of rotatable bonds is 5. The van der Waals surface area contributed by atoms with Gasteiger partial charge in [-0.15, -0.1) is 0 Å². The number of likely N-dealkylation sites (N-methyl/N-ethyl adjacent to an activating group) is 2. The Hall–Kier alpha value is -1.65. The van der Waals surface area contributed by atoms with Crippen LogP contribution in [0.1, 0.15) is 5.56 Å². The van der Waals surface area contributed by atoms with Crippen LogP contribution in [-0.2, 0) is 6.61 Å². The molecule has 1 aromatic heterocycles. The zero-order valence-electron chi connectivity index (χ0n) is 11.8. The number of aliphatic hydroxyl groups excluding tert-OH is 1. The first kappa shape index (κ1) is 13.8. The van der Waals surface area contributed by atoms with Gasteiger partial charge in [0.2, 0.25) is 0 Å². The van der Waals surface area contributed by atoms with Crippen molar-refractivity contribution in [2.45, 2.75) is 6.61 Å². The molecule has 0 spiro atoms. The van der Waals surface area contributed by atoms with Crippen LogP contribution in [0.5, 0.6) is 0 Å². The van der Waals surface area contributed by atoms with E-state index in [0.29, 0.717) is 0 Å². The Labute approximate surface area is 114 Å². The maximum Gasteiger partial charge on any atom is 0.134 e. The van der Waals surface area contributed by atoms with Crippen LogP contribution in [0.2, 0.25) is 0 Å². The van der Waals surface area contributed by atoms with Crippen molar-refractivity contribution in [3.05, 3.63) is 35.9 Å². The monoisotopic (exact) mass is 259 g/mol. The molecular formula is C15H21N3O. The zero-order valence-corrected chi connectivity index (χ0v) is 11.8. The number of hydrogen-bond donors (Lipinski definition) is 1. The van der Waals surface area contributed by atoms with E-state index < -0.39 is 0 Å². The van der Waals surface area contributed by atoms with Crippen molar-refractivity contribution < 1.29 is 5.11 Å². The predicted molar refractivity (Wildman–Crippen MR) is 79.5 cm³/mol. The number of fused-ring (bicyclic) bond motifs is 1. The highest BCUT2D eigenvalue weighted by molar-refractivity contribution is 5.81. The summed E-state index contributed by atoms with van der Waals surface area (Å²) in [6, 6.07) is 10.0. The van der Waals surface area contributed by atoms with Crippen molar-refractivity contribution in [2.24, 2.45) is 0 Å². The highest BCUT2D eigenvalue weighted by Crippen LogP contribution is 2.22. The second kappa shape index (κ2) is 5.99. The van der Waals surface area contributed by atoms with Gasteiger partial charge in [-0.25, -0.2) is 4.98 Å². The van der Waals surface area contributed by atoms with Gasteiger partial charge in [0.25, 0.3) is 0 Å². The van der Waals surface area contributed by atoms with Gasteiger partial charge in [-0.2, -0.15) is 0 Å². The molecule has 0 radical (unpaired) electrons. The summed E-state index contributed by atoms with van der Waals surface area (Å²) in [6.07, 6.45) is 0. The summed E-state index contributed by atoms with van der Waals surface area (Å²) < 4.78 is 0. The van der Waals surface area contributed by atoms with Crippen LogP contribution in [0, 0.1) is 0 Å². The van der Waals surface area contributed by atoms with Crippen LogP contribution >= 0.6 is 0 Å². The Balaban J connectivity index is 2.34. The lowest BCUT2D eigenvalue weighted by molar-refractivity contribution is 0.282. The van der Waals surface area contributed by atoms with E-state index in [1.165, 1.54) is 0 Å². The molecule has 19 heavy (non-hydrogen) atoms. The standard InChI is InChI=1S/C15H21N3O/c1-17(2)8-9-18(3)15-13(11-19)10-12-6-4-5-7-14(12)16-15/h4-7,10,19H,8-9,11H2,1-3H3. The molecule has 0 saturated carbocycles. The first-order chi connectivity index (χ1) is 9.11. The number of benzene rings is 1. The molecule has 2 aromatic rings. The summed E-state index contributed by atoms with van der Waals surface area (Å²) in [5, 5.41) is 10.6. The lowest BCUT2D eigenvalue weighted by atomic mass is 10.1. The van der Waals surface area contributed by atoms with Crippen molar-refractivity contribution in [1.82, 2.24) is 9.88 Å². The number of aromatic nitrogens is 1. The average Bonchev–Trinajstić information content (AvgIpc) is 2.43. The van der Waals surface area contributed by atoms with Gasteiger partial charge in [0.15, 0.2) is 0 Å². The molecule has 0 aliphatic heterocycles. The lowest BCUT2D eigenvalue weighted by Gasteiger charge is -2.23. The number of pyridine rings is 1. The molecule has 2 rings (SSSR count). The first-order valence-electron chi connectivity index (χ1n) is 6.47. The Kier molecular flexibility index (Phi) is 4.35. The summed E-state index contributed by atoms with van der Waals surface area (Å²) in [5.41, 5.74) is 1.84. The van der Waals surface area contributed by atoms with Crippen molar-refractivity contribution in [1.29, 1.82) is 0 Å². The molecule has 102 valence electrons. The molecule has 0 unspecified atom stereocenters. The highest BCUT2D eigenvalue weighted by atomic mass is 16.3. The second-order valence-corrected chi connectivity index (χ2v) is 5.05. The molecule has 0 atom stereocenters. The maximum atomic E-state index is 9.53. The molecule has 0 aliphatic carbocycles. The number of nitrogens with zero attached hydrogens (tertiary/aromatic N) is 3. The molecule has 0 aliphatic rings. The minimum absolute atomic E-state index is 0.0134. The van der Waals surface area contributed by atoms with Crippen LogP contribution in [0.15, 0.2) is 30.3 Å². The Bertz CT molecular complexity index is 554. The Morgan fingerprint density at radius 2 is 1.84 bits per heavy atom. The van der Waals surface area contributed by atoms with E-state index in [2.05, 4.69) is 28.9 Å². The summed E-state index contributed by atoms with van der Waals surface area (Å²) in [6.45, 7) is 1.85. The van der Waals surface area contributed by atoms with Gasteiger partial charge in [0, 0.05) is 31.1 Å². The molecule has 1 aromatic carbocycles. The van der Waals surface area contributed by atoms with Crippen molar-refractivity contribution in [2.75, 3.05) is 39.1 Å². The summed E-state index contributed by atoms with van der Waals surface area (Å²) >= 11 is 0. The molecule has 0 saturated heterocycles. The molecule has 4 nitrogen and oxygen atoms in total. The van der Waals surface area contributed by atoms with Crippen LogP contribution in [0.4, 0.5) is 5.82 Å². The maximum absolute atomic E-state index is 9.53. The largest absolute Gasteiger partial charge is 0.392 e. The zero-order chi connectivity index (χ0) is 13.8. The SMILES string of the molecule is CN(C)CCN(C)c1nc2ccccc2cc1CO. The van der Waals surface area contributed by atoms with E-state index in [9.17, 15) is 5.11 Å². The third kappa shape index (κ3) is 3.22. The Morgan fingerprint density at radius 1 is 1.11 bits per heavy atom. The van der Waals surface area contributed by atoms with Gasteiger partial charge in [-0.3, -0.25) is 0 Å². The van der Waals surface area contributed by atoms with Gasteiger partial charge in [-0.1, -0.05) is 18.2 Å². The van der Waals surface area contributed by atoms with Crippen LogP contribution in [0.25, 0.3) is 10.9 Å². The van der Waals surface area contributed by atoms with Crippen LogP contribution < -0.4 is 4.90 Å². The average molecular weight is 259 g/mol. The number of aliphatic hydroxyl groups is 1. The van der Waals surface area contributed by atoms with Gasteiger partial charge >= 0.3 is 0 Å². The van der Waals surface area contributed by atoms with E-state index in [-0.39, 0.29) is 6.61 Å². The fourth-order valence-corrected chi connectivity index (χ4v) is 2.05. The summed E-state index contributed by atoms with van der Waals surface area (Å²) in [5.74, 6) is 0.864. The number of hydrogen-bond acceptors (Lipinski definition) is 4. The Morgan fingerprint density at radius 3 is 2.53 bits per heavy atom. The fraction of sp³-hybridized carbons (Fsp3) is 0.400. The predicted octanol–water partition coefficient (Wildman–Crippen LogP) is 1.72. The molecular weight excluding hydrogens is 238 g/mol. The molecule has 1 heterocycles. The fourth-order valence-electron chi connectivity index (χ4n) is 2.05. The third-order valence-electron chi connectivity index (χ3n) is 3.19. The molecule has 4 heteroatoms. The molecule has 0 bridgehead atoms. The van der Waals surface area contributed by atoms with Gasteiger partial charge in [0.05, 0.1) is 12.1 Å². The van der Waals surface area contributed by atoms with Crippen LogP contribution in [-0.4, -0.2) is 49.2 Å². The number of para-hydroxylation sites is 1. The summed E-state index contributed by atoms with van der Waals surface area (Å²) in [4.78, 5) is 8.90. The molecule has 0 amide bonds. The van der Waals surface area contributed by atoms with E-state index in [1.807, 2.05) is 37.4 Å². The first-order valence-corrected chi connectivity index (χ1v) is 6.47. The van der Waals surface area contributed by atoms with E-state index in [1.54, 1.807) is 0 Å². The molecule has 1 N–H and O–H groups in total. The minimum atomic E-state index is 0.0134. The topological polar surface area (TPSA) is 39.6 Å². The molecule has 0 fully saturated rings. The van der Waals surface area contributed by atoms with E-state index in [4.69, 9.17) is 0 Å². The number of anilines is 1. The van der Waals surface area contributed by atoms with Gasteiger partial charge in [0.1, 0.15) is 5.82 Å². The van der Waals surface area contributed by atoms with Crippen molar-refractivity contribution >= 4 is 16.7 Å². The lowest BCUT2D eigenvalue weighted by Crippen LogP contribution is -2.29. The normalized spacial score (nSPS) is 11.2. The van der Waals surface area contributed by atoms with Gasteiger partial charge < -0.3 is 14.9 Å². The third-order valence-corrected chi connectivity index (χ3v) is 3.19. The minimum Gasteiger partial charge on any atom is -0.392 e. The van der Waals surface area contributed by atoms with Crippen molar-refractivity contribution in [3.8, 4) is 0 Å². The van der Waals surface area contributed by atoms with Gasteiger partial charge in [-0.05, 0) is 26.2 Å². The van der Waals surface area contributed by atoms with Crippen molar-refractivity contribution in [3.63, 3.8) is 0 Å². The smallest absolute Gasteiger partial charge is 0.134 e.